The van der Waals surface area contributed by atoms with E-state index in [2.05, 4.69) is 15.6 Å². The maximum atomic E-state index is 11.4. The SMILES string of the molecule is CC1=CNC(N)(c2ccc3c(c2)OC(C)(C)O3)N=C1Nc1ccc2oc(=O)[nH]c2c1. The van der Waals surface area contributed by atoms with Gasteiger partial charge in [-0.15, -0.1) is 0 Å². The Labute approximate surface area is 171 Å². The van der Waals surface area contributed by atoms with E-state index < -0.39 is 17.3 Å². The number of fused-ring (bicyclic) bond motifs is 2. The first kappa shape index (κ1) is 18.3. The lowest BCUT2D eigenvalue weighted by atomic mass is 10.1. The molecular formula is C21H21N5O4. The molecule has 9 nitrogen and oxygen atoms in total. The number of ether oxygens (including phenoxy) is 2. The predicted octanol–water partition coefficient (Wildman–Crippen LogP) is 2.72. The van der Waals surface area contributed by atoms with Crippen LogP contribution in [0.5, 0.6) is 11.5 Å². The largest absolute Gasteiger partial charge is 0.449 e. The number of nitrogens with two attached hydrogens (primary N) is 1. The van der Waals surface area contributed by atoms with Crippen molar-refractivity contribution in [1.82, 2.24) is 10.3 Å². The van der Waals surface area contributed by atoms with Gasteiger partial charge in [-0.05, 0) is 43.3 Å². The minimum absolute atomic E-state index is 0.488. The second-order valence-corrected chi connectivity index (χ2v) is 7.81. The number of benzene rings is 2. The lowest BCUT2D eigenvalue weighted by Gasteiger charge is -2.31. The molecule has 0 saturated carbocycles. The molecule has 0 bridgehead atoms. The monoisotopic (exact) mass is 407 g/mol. The Balaban J connectivity index is 1.47. The molecule has 3 heterocycles. The molecule has 0 spiro atoms. The topological polar surface area (TPSA) is 127 Å². The molecule has 0 radical (unpaired) electrons. The third-order valence-corrected chi connectivity index (χ3v) is 4.95. The van der Waals surface area contributed by atoms with Crippen molar-refractivity contribution in [2.45, 2.75) is 32.3 Å². The van der Waals surface area contributed by atoms with Gasteiger partial charge in [-0.1, -0.05) is 0 Å². The Bertz CT molecular complexity index is 1290. The number of anilines is 1. The number of amidine groups is 1. The van der Waals surface area contributed by atoms with Crippen molar-refractivity contribution in [3.63, 3.8) is 0 Å². The Kier molecular flexibility index (Phi) is 3.75. The average Bonchev–Trinajstić information content (AvgIpc) is 3.20. The Morgan fingerprint density at radius 1 is 1.10 bits per heavy atom. The summed E-state index contributed by atoms with van der Waals surface area (Å²) >= 11 is 0. The molecule has 5 N–H and O–H groups in total. The van der Waals surface area contributed by atoms with Crippen LogP contribution in [0, 0.1) is 0 Å². The van der Waals surface area contributed by atoms with Gasteiger partial charge in [-0.25, -0.2) is 9.79 Å². The smallest absolute Gasteiger partial charge is 0.417 e. The van der Waals surface area contributed by atoms with Gasteiger partial charge in [-0.3, -0.25) is 10.7 Å². The normalized spacial score (nSPS) is 21.7. The molecule has 2 aliphatic heterocycles. The molecule has 1 atom stereocenters. The number of aliphatic imine (C=N–C) groups is 1. The van der Waals surface area contributed by atoms with Gasteiger partial charge in [0.15, 0.2) is 17.1 Å². The molecule has 1 unspecified atom stereocenters. The Morgan fingerprint density at radius 3 is 2.73 bits per heavy atom. The van der Waals surface area contributed by atoms with E-state index in [4.69, 9.17) is 24.6 Å². The highest BCUT2D eigenvalue weighted by atomic mass is 16.7. The number of hydrogen-bond donors (Lipinski definition) is 4. The third kappa shape index (κ3) is 3.09. The first-order valence-corrected chi connectivity index (χ1v) is 9.47. The fraction of sp³-hybridized carbons (Fsp3) is 0.238. The van der Waals surface area contributed by atoms with E-state index in [0.29, 0.717) is 28.4 Å². The third-order valence-electron chi connectivity index (χ3n) is 4.95. The predicted molar refractivity (Wildman–Crippen MR) is 112 cm³/mol. The first-order chi connectivity index (χ1) is 14.2. The van der Waals surface area contributed by atoms with Gasteiger partial charge in [0, 0.05) is 36.9 Å². The molecule has 0 saturated heterocycles. The summed E-state index contributed by atoms with van der Waals surface area (Å²) < 4.78 is 16.6. The molecule has 9 heteroatoms. The minimum atomic E-state index is -1.19. The summed E-state index contributed by atoms with van der Waals surface area (Å²) in [6.07, 6.45) is 1.81. The summed E-state index contributed by atoms with van der Waals surface area (Å²) in [4.78, 5) is 18.7. The van der Waals surface area contributed by atoms with Crippen LogP contribution in [-0.4, -0.2) is 16.6 Å². The van der Waals surface area contributed by atoms with Crippen molar-refractivity contribution < 1.29 is 13.9 Å². The average molecular weight is 407 g/mol. The van der Waals surface area contributed by atoms with Crippen molar-refractivity contribution in [1.29, 1.82) is 0 Å². The van der Waals surface area contributed by atoms with E-state index in [0.717, 1.165) is 16.8 Å². The molecule has 0 aliphatic carbocycles. The molecular weight excluding hydrogens is 386 g/mol. The van der Waals surface area contributed by atoms with Gasteiger partial charge in [0.2, 0.25) is 11.6 Å². The fourth-order valence-corrected chi connectivity index (χ4v) is 3.48. The van der Waals surface area contributed by atoms with Crippen LogP contribution in [0.1, 0.15) is 26.3 Å². The zero-order valence-corrected chi connectivity index (χ0v) is 16.7. The second kappa shape index (κ2) is 6.14. The molecule has 2 aliphatic rings. The van der Waals surface area contributed by atoms with Crippen molar-refractivity contribution in [2.75, 3.05) is 5.32 Å². The fourth-order valence-electron chi connectivity index (χ4n) is 3.48. The van der Waals surface area contributed by atoms with Crippen LogP contribution in [0.4, 0.5) is 5.69 Å². The maximum absolute atomic E-state index is 11.4. The second-order valence-electron chi connectivity index (χ2n) is 7.81. The van der Waals surface area contributed by atoms with Crippen LogP contribution < -0.4 is 31.6 Å². The first-order valence-electron chi connectivity index (χ1n) is 9.47. The van der Waals surface area contributed by atoms with Crippen LogP contribution in [0.25, 0.3) is 11.1 Å². The molecule has 0 fully saturated rings. The highest BCUT2D eigenvalue weighted by Crippen LogP contribution is 2.41. The van der Waals surface area contributed by atoms with Gasteiger partial charge in [-0.2, -0.15) is 0 Å². The zero-order valence-electron chi connectivity index (χ0n) is 16.7. The number of nitrogens with one attached hydrogen (secondary N) is 3. The lowest BCUT2D eigenvalue weighted by molar-refractivity contribution is -0.0431. The molecule has 3 aromatic rings. The van der Waals surface area contributed by atoms with Crippen molar-refractivity contribution >= 4 is 22.6 Å². The highest BCUT2D eigenvalue weighted by Gasteiger charge is 2.35. The van der Waals surface area contributed by atoms with E-state index in [9.17, 15) is 4.79 Å². The number of hydrogen-bond acceptors (Lipinski definition) is 8. The van der Waals surface area contributed by atoms with Crippen LogP contribution in [0.2, 0.25) is 0 Å². The molecule has 2 aromatic carbocycles. The summed E-state index contributed by atoms with van der Waals surface area (Å²) in [6, 6.07) is 10.8. The van der Waals surface area contributed by atoms with Crippen LogP contribution >= 0.6 is 0 Å². The lowest BCUT2D eigenvalue weighted by Crippen LogP contribution is -2.50. The number of aromatic amines is 1. The van der Waals surface area contributed by atoms with Gasteiger partial charge >= 0.3 is 5.76 Å². The molecule has 5 rings (SSSR count). The van der Waals surface area contributed by atoms with Gasteiger partial charge in [0.1, 0.15) is 5.84 Å². The van der Waals surface area contributed by atoms with Gasteiger partial charge in [0.05, 0.1) is 5.52 Å². The minimum Gasteiger partial charge on any atom is -0.449 e. The maximum Gasteiger partial charge on any atom is 0.417 e. The van der Waals surface area contributed by atoms with E-state index in [1.165, 1.54) is 0 Å². The van der Waals surface area contributed by atoms with Crippen molar-refractivity contribution in [3.05, 3.63) is 64.3 Å². The van der Waals surface area contributed by atoms with E-state index >= 15 is 0 Å². The molecule has 30 heavy (non-hydrogen) atoms. The van der Waals surface area contributed by atoms with Crippen LogP contribution in [0.3, 0.4) is 0 Å². The van der Waals surface area contributed by atoms with E-state index in [1.54, 1.807) is 18.2 Å². The summed E-state index contributed by atoms with van der Waals surface area (Å²) in [5, 5.41) is 6.42. The summed E-state index contributed by atoms with van der Waals surface area (Å²) in [7, 11) is 0. The number of H-pyrrole nitrogens is 1. The standard InChI is InChI=1S/C21H21N5O4/c1-11-10-23-21(22,12-4-6-16-17(8-12)30-20(2,3)29-16)26-18(11)24-13-5-7-15-14(9-13)25-19(27)28-15/h4-10,23H,22H2,1-3H3,(H,24,26)(H,25,27). The number of rotatable bonds is 2. The number of oxazole rings is 1. The van der Waals surface area contributed by atoms with Crippen molar-refractivity contribution in [3.8, 4) is 11.5 Å². The van der Waals surface area contributed by atoms with Gasteiger partial charge in [0.25, 0.3) is 0 Å². The summed E-state index contributed by atoms with van der Waals surface area (Å²) in [5.74, 6) is -0.527. The molecule has 0 amide bonds. The summed E-state index contributed by atoms with van der Waals surface area (Å²) in [5.41, 5.74) is 10.0. The summed E-state index contributed by atoms with van der Waals surface area (Å²) in [6.45, 7) is 5.61. The van der Waals surface area contributed by atoms with Gasteiger partial charge < -0.3 is 24.5 Å². The Hall–Kier alpha value is -3.72. The van der Waals surface area contributed by atoms with Crippen LogP contribution in [-0.2, 0) is 5.79 Å². The highest BCUT2D eigenvalue weighted by molar-refractivity contribution is 6.08. The molecule has 1 aromatic heterocycles. The molecule has 154 valence electrons. The zero-order chi connectivity index (χ0) is 21.1. The number of aromatic nitrogens is 1. The quantitative estimate of drug-likeness (QED) is 0.514. The Morgan fingerprint density at radius 2 is 1.90 bits per heavy atom. The number of nitrogens with zero attached hydrogens (tertiary/aromatic N) is 1. The van der Waals surface area contributed by atoms with E-state index in [1.807, 2.05) is 45.2 Å². The van der Waals surface area contributed by atoms with Crippen molar-refractivity contribution in [2.24, 2.45) is 10.7 Å². The van der Waals surface area contributed by atoms with Crippen LogP contribution in [0.15, 0.2) is 62.4 Å². The van der Waals surface area contributed by atoms with E-state index in [-0.39, 0.29) is 0 Å².